The lowest BCUT2D eigenvalue weighted by Crippen LogP contribution is -2.17. The molecule has 2 rings (SSSR count). The highest BCUT2D eigenvalue weighted by molar-refractivity contribution is 9.10. The van der Waals surface area contributed by atoms with Crippen LogP contribution in [-0.2, 0) is 0 Å². The molecule has 0 spiro atoms. The van der Waals surface area contributed by atoms with Crippen molar-refractivity contribution in [2.75, 3.05) is 0 Å². The van der Waals surface area contributed by atoms with E-state index in [9.17, 15) is 9.90 Å². The van der Waals surface area contributed by atoms with Crippen molar-refractivity contribution in [1.82, 2.24) is 5.43 Å². The highest BCUT2D eigenvalue weighted by Crippen LogP contribution is 2.20. The molecule has 0 heterocycles. The van der Waals surface area contributed by atoms with Crippen LogP contribution in [0.4, 0.5) is 0 Å². The number of carbonyl (C=O) groups is 1. The molecule has 0 unspecified atom stereocenters. The van der Waals surface area contributed by atoms with Crippen LogP contribution in [0.5, 0.6) is 5.75 Å². The summed E-state index contributed by atoms with van der Waals surface area (Å²) in [4.78, 5) is 11.8. The number of halogens is 2. The average Bonchev–Trinajstić information content (AvgIpc) is 2.42. The zero-order chi connectivity index (χ0) is 14.5. The van der Waals surface area contributed by atoms with Crippen molar-refractivity contribution in [3.05, 3.63) is 62.5 Å². The molecule has 0 saturated heterocycles. The Labute approximate surface area is 132 Å². The predicted molar refractivity (Wildman–Crippen MR) is 85.0 cm³/mol. The molecule has 2 N–H and O–H groups in total. The lowest BCUT2D eigenvalue weighted by atomic mass is 10.2. The van der Waals surface area contributed by atoms with Gasteiger partial charge < -0.3 is 5.11 Å². The number of hydrazone groups is 1. The predicted octanol–water partition coefficient (Wildman–Crippen LogP) is 3.68. The molecule has 2 aromatic rings. The molecule has 0 radical (unpaired) electrons. The Morgan fingerprint density at radius 2 is 1.90 bits per heavy atom. The SMILES string of the molecule is O=C(NN=Cc1cc(Br)ccc1O)c1cccc(Br)c1. The molecule has 0 aliphatic carbocycles. The van der Waals surface area contributed by atoms with E-state index in [0.29, 0.717) is 11.1 Å². The number of nitrogens with one attached hydrogen (secondary N) is 1. The molecule has 102 valence electrons. The first kappa shape index (κ1) is 14.7. The minimum atomic E-state index is -0.322. The molecule has 0 aromatic heterocycles. The fraction of sp³-hybridized carbons (Fsp3) is 0. The summed E-state index contributed by atoms with van der Waals surface area (Å²) in [5, 5.41) is 13.5. The van der Waals surface area contributed by atoms with E-state index in [1.807, 2.05) is 6.07 Å². The van der Waals surface area contributed by atoms with Crippen molar-refractivity contribution in [1.29, 1.82) is 0 Å². The number of nitrogens with zero attached hydrogens (tertiary/aromatic N) is 1. The molecule has 4 nitrogen and oxygen atoms in total. The van der Waals surface area contributed by atoms with Crippen molar-refractivity contribution >= 4 is 44.0 Å². The van der Waals surface area contributed by atoms with Crippen LogP contribution in [0, 0.1) is 0 Å². The summed E-state index contributed by atoms with van der Waals surface area (Å²) in [6, 6.07) is 11.9. The van der Waals surface area contributed by atoms with Crippen molar-refractivity contribution in [3.63, 3.8) is 0 Å². The molecule has 0 bridgehead atoms. The van der Waals surface area contributed by atoms with Gasteiger partial charge in [0.05, 0.1) is 6.21 Å². The van der Waals surface area contributed by atoms with Gasteiger partial charge in [-0.05, 0) is 36.4 Å². The maximum absolute atomic E-state index is 11.8. The molecule has 1 amide bonds. The van der Waals surface area contributed by atoms with Crippen LogP contribution in [0.3, 0.4) is 0 Å². The zero-order valence-electron chi connectivity index (χ0n) is 10.2. The van der Waals surface area contributed by atoms with Crippen LogP contribution in [0.1, 0.15) is 15.9 Å². The molecule has 2 aromatic carbocycles. The van der Waals surface area contributed by atoms with Crippen LogP contribution >= 0.6 is 31.9 Å². The van der Waals surface area contributed by atoms with Crippen LogP contribution in [0.25, 0.3) is 0 Å². The van der Waals surface area contributed by atoms with Crippen LogP contribution < -0.4 is 5.43 Å². The summed E-state index contributed by atoms with van der Waals surface area (Å²) in [5.41, 5.74) is 3.41. The van der Waals surface area contributed by atoms with E-state index in [1.54, 1.807) is 36.4 Å². The first-order valence-electron chi connectivity index (χ1n) is 5.64. The van der Waals surface area contributed by atoms with Gasteiger partial charge in [0.1, 0.15) is 5.75 Å². The number of amides is 1. The Hall–Kier alpha value is -1.66. The zero-order valence-corrected chi connectivity index (χ0v) is 13.3. The Morgan fingerprint density at radius 1 is 1.15 bits per heavy atom. The minimum absolute atomic E-state index is 0.0913. The summed E-state index contributed by atoms with van der Waals surface area (Å²) in [6.07, 6.45) is 1.38. The third-order valence-electron chi connectivity index (χ3n) is 2.45. The topological polar surface area (TPSA) is 61.7 Å². The third-order valence-corrected chi connectivity index (χ3v) is 3.43. The number of benzene rings is 2. The molecule has 0 saturated carbocycles. The van der Waals surface area contributed by atoms with Gasteiger partial charge in [0.2, 0.25) is 0 Å². The number of carbonyl (C=O) groups excluding carboxylic acids is 1. The molecule has 0 aliphatic rings. The van der Waals surface area contributed by atoms with Gasteiger partial charge in [0.15, 0.2) is 0 Å². The second-order valence-corrected chi connectivity index (χ2v) is 5.74. The lowest BCUT2D eigenvalue weighted by molar-refractivity contribution is 0.0955. The highest BCUT2D eigenvalue weighted by atomic mass is 79.9. The Kier molecular flexibility index (Phi) is 4.92. The Bertz CT molecular complexity index is 672. The quantitative estimate of drug-likeness (QED) is 0.612. The van der Waals surface area contributed by atoms with E-state index < -0.39 is 0 Å². The summed E-state index contributed by atoms with van der Waals surface area (Å²) >= 11 is 6.59. The molecule has 0 aliphatic heterocycles. The number of hydrogen-bond donors (Lipinski definition) is 2. The maximum Gasteiger partial charge on any atom is 0.271 e. The summed E-state index contributed by atoms with van der Waals surface area (Å²) in [5.74, 6) is -0.231. The molecule has 0 atom stereocenters. The summed E-state index contributed by atoms with van der Waals surface area (Å²) in [7, 11) is 0. The molecule has 6 heteroatoms. The van der Waals surface area contributed by atoms with Gasteiger partial charge in [-0.2, -0.15) is 5.10 Å². The van der Waals surface area contributed by atoms with Gasteiger partial charge in [-0.3, -0.25) is 4.79 Å². The number of aromatic hydroxyl groups is 1. The van der Waals surface area contributed by atoms with Crippen molar-refractivity contribution < 1.29 is 9.90 Å². The van der Waals surface area contributed by atoms with Crippen LogP contribution in [0.15, 0.2) is 56.5 Å². The molecule has 20 heavy (non-hydrogen) atoms. The standard InChI is InChI=1S/C14H10Br2N2O2/c15-11-3-1-2-9(6-11)14(20)18-17-8-10-7-12(16)4-5-13(10)19/h1-8,19H,(H,18,20). The van der Waals surface area contributed by atoms with Gasteiger partial charge in [-0.15, -0.1) is 0 Å². The lowest BCUT2D eigenvalue weighted by Gasteiger charge is -2.01. The maximum atomic E-state index is 11.8. The van der Waals surface area contributed by atoms with Crippen molar-refractivity contribution in [2.45, 2.75) is 0 Å². The van der Waals surface area contributed by atoms with Gasteiger partial charge in [-0.25, -0.2) is 5.43 Å². The highest BCUT2D eigenvalue weighted by Gasteiger charge is 2.04. The minimum Gasteiger partial charge on any atom is -0.507 e. The molecule has 0 fully saturated rings. The van der Waals surface area contributed by atoms with E-state index >= 15 is 0 Å². The van der Waals surface area contributed by atoms with Gasteiger partial charge >= 0.3 is 0 Å². The third kappa shape index (κ3) is 3.91. The Morgan fingerprint density at radius 3 is 2.65 bits per heavy atom. The normalized spacial score (nSPS) is 10.7. The fourth-order valence-corrected chi connectivity index (χ4v) is 2.26. The smallest absolute Gasteiger partial charge is 0.271 e. The van der Waals surface area contributed by atoms with Gasteiger partial charge in [-0.1, -0.05) is 37.9 Å². The largest absolute Gasteiger partial charge is 0.507 e. The summed E-state index contributed by atoms with van der Waals surface area (Å²) in [6.45, 7) is 0. The van der Waals surface area contributed by atoms with E-state index in [0.717, 1.165) is 8.95 Å². The monoisotopic (exact) mass is 396 g/mol. The van der Waals surface area contributed by atoms with Crippen LogP contribution in [0.2, 0.25) is 0 Å². The van der Waals surface area contributed by atoms with Crippen molar-refractivity contribution in [2.24, 2.45) is 5.10 Å². The van der Waals surface area contributed by atoms with Crippen molar-refractivity contribution in [3.8, 4) is 5.75 Å². The summed E-state index contributed by atoms with van der Waals surface area (Å²) < 4.78 is 1.63. The average molecular weight is 398 g/mol. The van der Waals surface area contributed by atoms with Crippen LogP contribution in [-0.4, -0.2) is 17.2 Å². The van der Waals surface area contributed by atoms with E-state index in [-0.39, 0.29) is 11.7 Å². The van der Waals surface area contributed by atoms with Gasteiger partial charge in [0.25, 0.3) is 5.91 Å². The number of phenolic OH excluding ortho intramolecular Hbond substituents is 1. The van der Waals surface area contributed by atoms with E-state index in [2.05, 4.69) is 42.4 Å². The Balaban J connectivity index is 2.06. The second-order valence-electron chi connectivity index (χ2n) is 3.91. The second kappa shape index (κ2) is 6.67. The number of phenols is 1. The first-order chi connectivity index (χ1) is 9.56. The van der Waals surface area contributed by atoms with Gasteiger partial charge in [0, 0.05) is 20.1 Å². The molecular formula is C14H10Br2N2O2. The fourth-order valence-electron chi connectivity index (χ4n) is 1.48. The molecular weight excluding hydrogens is 388 g/mol. The first-order valence-corrected chi connectivity index (χ1v) is 7.22. The number of hydrogen-bond acceptors (Lipinski definition) is 3. The van der Waals surface area contributed by atoms with E-state index in [1.165, 1.54) is 6.21 Å². The van der Waals surface area contributed by atoms with E-state index in [4.69, 9.17) is 0 Å². The number of rotatable bonds is 3.